The standard InChI is InChI=1S/C41H42N4O2/c1-5-7-24-46-40-33(26-31-16-12-14-29(3)38(31)42-40)20-22-35-28-37(45(44-35)36-18-10-9-11-19-36)23-21-34-27-32-17-13-15-30(4)39(32)43-41(34)47-25-8-6-2/h9-23,26-28H,5-8,24-25H2,1-4H3/b22-20+,23-21+. The summed E-state index contributed by atoms with van der Waals surface area (Å²) >= 11 is 0. The first-order chi connectivity index (χ1) is 23.0. The number of aromatic nitrogens is 4. The SMILES string of the molecule is CCCCOc1nc2c(C)cccc2cc1/C=C/c1cc(/C=C/c2cc3cccc(C)c3nc2OCCCC)n(-c2ccccc2)n1. The smallest absolute Gasteiger partial charge is 0.221 e. The highest BCUT2D eigenvalue weighted by molar-refractivity contribution is 5.88. The Bertz CT molecular complexity index is 2040. The molecule has 6 heteroatoms. The van der Waals surface area contributed by atoms with E-state index in [1.54, 1.807) is 0 Å². The number of unbranched alkanes of at least 4 members (excludes halogenated alkanes) is 2. The number of ether oxygens (including phenoxy) is 2. The summed E-state index contributed by atoms with van der Waals surface area (Å²) in [5.74, 6) is 1.30. The third-order valence-electron chi connectivity index (χ3n) is 8.18. The number of hydrogen-bond acceptors (Lipinski definition) is 5. The normalized spacial score (nSPS) is 11.7. The Balaban J connectivity index is 1.38. The van der Waals surface area contributed by atoms with Crippen LogP contribution in [0.15, 0.2) is 84.9 Å². The molecule has 0 aliphatic heterocycles. The van der Waals surface area contributed by atoms with Crippen molar-refractivity contribution in [3.05, 3.63) is 119 Å². The lowest BCUT2D eigenvalue weighted by molar-refractivity contribution is 0.298. The molecule has 0 bridgehead atoms. The van der Waals surface area contributed by atoms with Gasteiger partial charge in [0.05, 0.1) is 41.3 Å². The first kappa shape index (κ1) is 31.7. The van der Waals surface area contributed by atoms with E-state index < -0.39 is 0 Å². The van der Waals surface area contributed by atoms with Gasteiger partial charge >= 0.3 is 0 Å². The van der Waals surface area contributed by atoms with E-state index in [0.29, 0.717) is 25.0 Å². The second-order valence-electron chi connectivity index (χ2n) is 11.9. The highest BCUT2D eigenvalue weighted by atomic mass is 16.5. The molecule has 3 aromatic carbocycles. The monoisotopic (exact) mass is 622 g/mol. The number of para-hydroxylation sites is 3. The van der Waals surface area contributed by atoms with Crippen molar-refractivity contribution in [2.45, 2.75) is 53.4 Å². The van der Waals surface area contributed by atoms with Crippen LogP contribution >= 0.6 is 0 Å². The summed E-state index contributed by atoms with van der Waals surface area (Å²) in [6.07, 6.45) is 12.3. The lowest BCUT2D eigenvalue weighted by atomic mass is 10.1. The Labute approximate surface area is 277 Å². The number of nitrogens with zero attached hydrogens (tertiary/aromatic N) is 4. The summed E-state index contributed by atoms with van der Waals surface area (Å²) in [7, 11) is 0. The van der Waals surface area contributed by atoms with Crippen molar-refractivity contribution in [1.29, 1.82) is 0 Å². The van der Waals surface area contributed by atoms with Crippen molar-refractivity contribution in [1.82, 2.24) is 19.7 Å². The van der Waals surface area contributed by atoms with Crippen molar-refractivity contribution in [2.24, 2.45) is 0 Å². The molecule has 47 heavy (non-hydrogen) atoms. The molecule has 0 spiro atoms. The lowest BCUT2D eigenvalue weighted by Gasteiger charge is -2.11. The van der Waals surface area contributed by atoms with Crippen LogP contribution in [0.25, 0.3) is 51.8 Å². The van der Waals surface area contributed by atoms with Gasteiger partial charge in [-0.05, 0) is 92.5 Å². The molecule has 238 valence electrons. The zero-order valence-electron chi connectivity index (χ0n) is 27.7. The molecule has 3 heterocycles. The maximum absolute atomic E-state index is 6.21. The largest absolute Gasteiger partial charge is 0.477 e. The molecule has 0 aliphatic rings. The Hall–Kier alpha value is -5.23. The molecule has 0 amide bonds. The van der Waals surface area contributed by atoms with E-state index >= 15 is 0 Å². The summed E-state index contributed by atoms with van der Waals surface area (Å²) in [6.45, 7) is 9.76. The molecule has 6 aromatic rings. The van der Waals surface area contributed by atoms with Crippen LogP contribution in [0.4, 0.5) is 0 Å². The van der Waals surface area contributed by atoms with Crippen LogP contribution in [0.3, 0.4) is 0 Å². The van der Waals surface area contributed by atoms with Gasteiger partial charge in [0.15, 0.2) is 0 Å². The quantitative estimate of drug-likeness (QED) is 0.120. The fourth-order valence-electron chi connectivity index (χ4n) is 5.53. The topological polar surface area (TPSA) is 62.1 Å². The van der Waals surface area contributed by atoms with Crippen LogP contribution in [0.2, 0.25) is 0 Å². The summed E-state index contributed by atoms with van der Waals surface area (Å²) in [5.41, 5.74) is 8.79. The number of hydrogen-bond donors (Lipinski definition) is 0. The van der Waals surface area contributed by atoms with Crippen molar-refractivity contribution in [3.8, 4) is 17.4 Å². The molecule has 0 saturated heterocycles. The number of fused-ring (bicyclic) bond motifs is 2. The van der Waals surface area contributed by atoms with Crippen molar-refractivity contribution >= 4 is 46.1 Å². The second kappa shape index (κ2) is 14.9. The summed E-state index contributed by atoms with van der Waals surface area (Å²) in [5, 5.41) is 7.18. The average Bonchev–Trinajstić information content (AvgIpc) is 3.50. The van der Waals surface area contributed by atoms with E-state index in [4.69, 9.17) is 24.5 Å². The van der Waals surface area contributed by atoms with Crippen LogP contribution in [0, 0.1) is 13.8 Å². The van der Waals surface area contributed by atoms with Gasteiger partial charge in [-0.2, -0.15) is 5.10 Å². The highest BCUT2D eigenvalue weighted by Gasteiger charge is 2.12. The van der Waals surface area contributed by atoms with Crippen molar-refractivity contribution in [2.75, 3.05) is 13.2 Å². The minimum Gasteiger partial charge on any atom is -0.477 e. The van der Waals surface area contributed by atoms with Gasteiger partial charge < -0.3 is 9.47 Å². The zero-order chi connectivity index (χ0) is 32.6. The van der Waals surface area contributed by atoms with Gasteiger partial charge in [0.1, 0.15) is 0 Å². The molecule has 6 rings (SSSR count). The van der Waals surface area contributed by atoms with E-state index in [1.807, 2.05) is 29.0 Å². The molecule has 0 radical (unpaired) electrons. The van der Waals surface area contributed by atoms with Crippen molar-refractivity contribution < 1.29 is 9.47 Å². The molecule has 0 atom stereocenters. The van der Waals surface area contributed by atoms with E-state index in [-0.39, 0.29) is 0 Å². The van der Waals surface area contributed by atoms with Gasteiger partial charge in [0.25, 0.3) is 0 Å². The third-order valence-corrected chi connectivity index (χ3v) is 8.18. The first-order valence-electron chi connectivity index (χ1n) is 16.6. The van der Waals surface area contributed by atoms with Gasteiger partial charge in [-0.15, -0.1) is 0 Å². The maximum Gasteiger partial charge on any atom is 0.221 e. The molecule has 0 saturated carbocycles. The maximum atomic E-state index is 6.21. The Morgan fingerprint density at radius 1 is 0.617 bits per heavy atom. The Morgan fingerprint density at radius 3 is 1.72 bits per heavy atom. The Morgan fingerprint density at radius 2 is 1.17 bits per heavy atom. The molecule has 3 aromatic heterocycles. The summed E-state index contributed by atoms with van der Waals surface area (Å²) in [4.78, 5) is 9.87. The molecule has 0 N–H and O–H groups in total. The van der Waals surface area contributed by atoms with Gasteiger partial charge in [0.2, 0.25) is 11.8 Å². The van der Waals surface area contributed by atoms with Crippen LogP contribution in [0.1, 0.15) is 73.2 Å². The van der Waals surface area contributed by atoms with Gasteiger partial charge in [-0.25, -0.2) is 14.6 Å². The van der Waals surface area contributed by atoms with Crippen LogP contribution in [-0.2, 0) is 0 Å². The number of pyridine rings is 2. The van der Waals surface area contributed by atoms with Crippen molar-refractivity contribution in [3.63, 3.8) is 0 Å². The number of rotatable bonds is 13. The molecule has 0 aliphatic carbocycles. The summed E-state index contributed by atoms with van der Waals surface area (Å²) in [6, 6.07) is 29.1. The molecule has 6 nitrogen and oxygen atoms in total. The molecular formula is C41H42N4O2. The molecule has 0 fully saturated rings. The minimum atomic E-state index is 0.631. The molecular weight excluding hydrogens is 580 g/mol. The lowest BCUT2D eigenvalue weighted by Crippen LogP contribution is -2.01. The fourth-order valence-corrected chi connectivity index (χ4v) is 5.53. The van der Waals surface area contributed by atoms with Crippen LogP contribution in [0.5, 0.6) is 11.8 Å². The predicted octanol–water partition coefficient (Wildman–Crippen LogP) is 10.3. The van der Waals surface area contributed by atoms with E-state index in [9.17, 15) is 0 Å². The summed E-state index contributed by atoms with van der Waals surface area (Å²) < 4.78 is 14.4. The van der Waals surface area contributed by atoms with Gasteiger partial charge in [-0.3, -0.25) is 0 Å². The second-order valence-corrected chi connectivity index (χ2v) is 11.9. The van der Waals surface area contributed by atoms with E-state index in [1.165, 1.54) is 0 Å². The zero-order valence-corrected chi connectivity index (χ0v) is 27.7. The average molecular weight is 623 g/mol. The van der Waals surface area contributed by atoms with E-state index in [2.05, 4.69) is 113 Å². The highest BCUT2D eigenvalue weighted by Crippen LogP contribution is 2.29. The number of aryl methyl sites for hydroxylation is 2. The van der Waals surface area contributed by atoms with E-state index in [0.717, 1.165) is 86.8 Å². The first-order valence-corrected chi connectivity index (χ1v) is 16.6. The van der Waals surface area contributed by atoms with Crippen LogP contribution < -0.4 is 9.47 Å². The third kappa shape index (κ3) is 7.44. The van der Waals surface area contributed by atoms with Gasteiger partial charge in [0, 0.05) is 21.9 Å². The fraction of sp³-hybridized carbons (Fsp3) is 0.244. The van der Waals surface area contributed by atoms with Gasteiger partial charge in [-0.1, -0.05) is 81.3 Å². The minimum absolute atomic E-state index is 0.631. The Kier molecular flexibility index (Phi) is 10.1. The number of benzene rings is 3. The van der Waals surface area contributed by atoms with Crippen LogP contribution in [-0.4, -0.2) is 33.0 Å². The predicted molar refractivity (Wildman–Crippen MR) is 195 cm³/mol. The molecule has 0 unspecified atom stereocenters.